The molecule has 3 saturated heterocycles. The van der Waals surface area contributed by atoms with Crippen LogP contribution in [0.4, 0.5) is 0 Å². The molecule has 3 aliphatic rings. The van der Waals surface area contributed by atoms with Gasteiger partial charge in [0.1, 0.15) is 0 Å². The van der Waals surface area contributed by atoms with Gasteiger partial charge in [-0.3, -0.25) is 0 Å². The number of aromatic hydroxyl groups is 3. The molecule has 5 rings (SSSR count). The molecular formula is C21H22O6. The molecule has 0 aromatic heterocycles. The fraction of sp³-hybridized carbons (Fsp3) is 0.429. The van der Waals surface area contributed by atoms with Crippen LogP contribution in [-0.4, -0.2) is 53.5 Å². The van der Waals surface area contributed by atoms with Crippen LogP contribution in [-0.2, 0) is 33.5 Å². The Hall–Kier alpha value is -2.28. The first-order valence-electron chi connectivity index (χ1n) is 9.33. The summed E-state index contributed by atoms with van der Waals surface area (Å²) in [5, 5.41) is 31.7. The van der Waals surface area contributed by atoms with Crippen LogP contribution in [0.2, 0.25) is 0 Å². The maximum Gasteiger partial charge on any atom is 0.201 e. The van der Waals surface area contributed by atoms with E-state index in [0.29, 0.717) is 37.2 Å². The predicted octanol–water partition coefficient (Wildman–Crippen LogP) is 2.29. The first kappa shape index (κ1) is 16.9. The lowest BCUT2D eigenvalue weighted by Gasteiger charge is -2.21. The Kier molecular flexibility index (Phi) is 4.00. The number of benzene rings is 2. The monoisotopic (exact) mass is 370 g/mol. The Bertz CT molecular complexity index is 881. The van der Waals surface area contributed by atoms with Gasteiger partial charge in [-0.15, -0.1) is 0 Å². The average molecular weight is 370 g/mol. The number of hydrogen-bond donors (Lipinski definition) is 3. The van der Waals surface area contributed by atoms with E-state index in [4.69, 9.17) is 14.2 Å². The molecule has 3 N–H and O–H groups in total. The number of epoxide rings is 3. The SMILES string of the molecule is Oc1c(O)c(CC2CO2)c(CC2CO2)c(-c2ccccc2CC2CO2)c1O. The summed E-state index contributed by atoms with van der Waals surface area (Å²) >= 11 is 0. The summed E-state index contributed by atoms with van der Waals surface area (Å²) in [5.41, 5.74) is 3.94. The molecule has 0 saturated carbocycles. The second-order valence-corrected chi connectivity index (χ2v) is 7.51. The molecule has 0 amide bonds. The van der Waals surface area contributed by atoms with Gasteiger partial charge in [0.05, 0.1) is 38.1 Å². The van der Waals surface area contributed by atoms with Crippen molar-refractivity contribution in [3.63, 3.8) is 0 Å². The van der Waals surface area contributed by atoms with E-state index in [1.165, 1.54) is 0 Å². The minimum Gasteiger partial charge on any atom is -0.504 e. The van der Waals surface area contributed by atoms with Crippen LogP contribution < -0.4 is 0 Å². The highest BCUT2D eigenvalue weighted by molar-refractivity contribution is 5.83. The summed E-state index contributed by atoms with van der Waals surface area (Å²) < 4.78 is 16.1. The van der Waals surface area contributed by atoms with E-state index >= 15 is 0 Å². The van der Waals surface area contributed by atoms with Gasteiger partial charge in [0.25, 0.3) is 0 Å². The van der Waals surface area contributed by atoms with Gasteiger partial charge in [-0.1, -0.05) is 24.3 Å². The van der Waals surface area contributed by atoms with E-state index < -0.39 is 5.75 Å². The van der Waals surface area contributed by atoms with Gasteiger partial charge in [0.15, 0.2) is 11.5 Å². The number of hydrogen-bond acceptors (Lipinski definition) is 6. The van der Waals surface area contributed by atoms with Crippen LogP contribution in [0.5, 0.6) is 17.2 Å². The molecule has 3 atom stereocenters. The minimum atomic E-state index is -0.474. The van der Waals surface area contributed by atoms with Gasteiger partial charge in [-0.05, 0) is 16.7 Å². The number of ether oxygens (including phenoxy) is 3. The first-order chi connectivity index (χ1) is 13.1. The third-order valence-corrected chi connectivity index (χ3v) is 5.44. The molecule has 3 heterocycles. The molecular weight excluding hydrogens is 348 g/mol. The van der Waals surface area contributed by atoms with Crippen molar-refractivity contribution < 1.29 is 29.5 Å². The molecule has 3 aliphatic heterocycles. The molecule has 142 valence electrons. The lowest BCUT2D eigenvalue weighted by Crippen LogP contribution is -2.07. The summed E-state index contributed by atoms with van der Waals surface area (Å²) in [6.07, 6.45) is 2.15. The average Bonchev–Trinajstić information content (AvgIpc) is 3.51. The van der Waals surface area contributed by atoms with Crippen molar-refractivity contribution in [1.29, 1.82) is 0 Å². The summed E-state index contributed by atoms with van der Waals surface area (Å²) in [6.45, 7) is 2.05. The Balaban J connectivity index is 1.69. The van der Waals surface area contributed by atoms with E-state index in [-0.39, 0.29) is 29.8 Å². The number of rotatable bonds is 7. The molecule has 27 heavy (non-hydrogen) atoms. The Morgan fingerprint density at radius 3 is 1.89 bits per heavy atom. The molecule has 2 aromatic rings. The molecule has 3 fully saturated rings. The van der Waals surface area contributed by atoms with Gasteiger partial charge < -0.3 is 29.5 Å². The molecule has 3 unspecified atom stereocenters. The molecule has 0 spiro atoms. The lowest BCUT2D eigenvalue weighted by molar-refractivity contribution is 0.359. The van der Waals surface area contributed by atoms with E-state index in [1.54, 1.807) is 0 Å². The Labute approximate surface area is 156 Å². The maximum absolute atomic E-state index is 10.8. The topological polar surface area (TPSA) is 98.3 Å². The van der Waals surface area contributed by atoms with Gasteiger partial charge in [-0.2, -0.15) is 0 Å². The predicted molar refractivity (Wildman–Crippen MR) is 97.2 cm³/mol. The van der Waals surface area contributed by atoms with Gasteiger partial charge in [-0.25, -0.2) is 0 Å². The van der Waals surface area contributed by atoms with Crippen molar-refractivity contribution >= 4 is 0 Å². The Morgan fingerprint density at radius 2 is 1.26 bits per heavy atom. The van der Waals surface area contributed by atoms with Gasteiger partial charge in [0, 0.05) is 30.4 Å². The van der Waals surface area contributed by atoms with Gasteiger partial charge in [0.2, 0.25) is 5.75 Å². The summed E-state index contributed by atoms with van der Waals surface area (Å²) in [5.74, 6) is -1.02. The van der Waals surface area contributed by atoms with Crippen LogP contribution in [0.3, 0.4) is 0 Å². The van der Waals surface area contributed by atoms with Crippen LogP contribution >= 0.6 is 0 Å². The summed E-state index contributed by atoms with van der Waals surface area (Å²) in [4.78, 5) is 0. The van der Waals surface area contributed by atoms with Gasteiger partial charge >= 0.3 is 0 Å². The Morgan fingerprint density at radius 1 is 0.704 bits per heavy atom. The number of phenols is 3. The zero-order chi connectivity index (χ0) is 18.5. The standard InChI is InChI=1S/C21H22O6/c22-19-17(7-14-10-27-14)16(6-13-9-26-13)18(20(23)21(19)24)15-4-2-1-3-11(15)5-12-8-25-12/h1-4,12-14,22-24H,5-10H2. The highest BCUT2D eigenvalue weighted by atomic mass is 16.6. The van der Waals surface area contributed by atoms with Crippen molar-refractivity contribution in [3.8, 4) is 28.4 Å². The molecule has 0 bridgehead atoms. The molecule has 6 heteroatoms. The zero-order valence-electron chi connectivity index (χ0n) is 14.9. The molecule has 0 aliphatic carbocycles. The van der Waals surface area contributed by atoms with E-state index in [1.807, 2.05) is 24.3 Å². The van der Waals surface area contributed by atoms with Crippen LogP contribution in [0, 0.1) is 0 Å². The smallest absolute Gasteiger partial charge is 0.201 e. The highest BCUT2D eigenvalue weighted by Gasteiger charge is 2.34. The van der Waals surface area contributed by atoms with Crippen molar-refractivity contribution in [3.05, 3.63) is 41.0 Å². The molecule has 2 aromatic carbocycles. The van der Waals surface area contributed by atoms with E-state index in [0.717, 1.165) is 29.7 Å². The second-order valence-electron chi connectivity index (χ2n) is 7.51. The second kappa shape index (κ2) is 6.41. The zero-order valence-corrected chi connectivity index (χ0v) is 14.9. The summed E-state index contributed by atoms with van der Waals surface area (Å²) in [6, 6.07) is 7.83. The normalized spacial score (nSPS) is 25.4. The molecule has 0 radical (unpaired) electrons. The first-order valence-corrected chi connectivity index (χ1v) is 9.33. The van der Waals surface area contributed by atoms with Crippen molar-refractivity contribution in [1.82, 2.24) is 0 Å². The van der Waals surface area contributed by atoms with Crippen molar-refractivity contribution in [2.45, 2.75) is 37.6 Å². The number of phenolic OH excluding ortho intramolecular Hbond substituents is 3. The van der Waals surface area contributed by atoms with E-state index in [2.05, 4.69) is 0 Å². The fourth-order valence-corrected chi connectivity index (χ4v) is 3.75. The maximum atomic E-state index is 10.8. The van der Waals surface area contributed by atoms with Crippen LogP contribution in [0.1, 0.15) is 16.7 Å². The third kappa shape index (κ3) is 3.36. The summed E-state index contributed by atoms with van der Waals surface area (Å²) in [7, 11) is 0. The lowest BCUT2D eigenvalue weighted by atomic mass is 9.86. The quantitative estimate of drug-likeness (QED) is 0.511. The largest absolute Gasteiger partial charge is 0.504 e. The van der Waals surface area contributed by atoms with Crippen molar-refractivity contribution in [2.24, 2.45) is 0 Å². The minimum absolute atomic E-state index is 0.0432. The third-order valence-electron chi connectivity index (χ3n) is 5.44. The molecule has 6 nitrogen and oxygen atoms in total. The van der Waals surface area contributed by atoms with Crippen LogP contribution in [0.25, 0.3) is 11.1 Å². The highest BCUT2D eigenvalue weighted by Crippen LogP contribution is 2.50. The van der Waals surface area contributed by atoms with E-state index in [9.17, 15) is 15.3 Å². The van der Waals surface area contributed by atoms with Crippen LogP contribution in [0.15, 0.2) is 24.3 Å². The fourth-order valence-electron chi connectivity index (χ4n) is 3.75. The van der Waals surface area contributed by atoms with Crippen molar-refractivity contribution in [2.75, 3.05) is 19.8 Å².